The Kier molecular flexibility index (Phi) is 4.60. The number of nitrogens with one attached hydrogen (secondary N) is 1. The van der Waals surface area contributed by atoms with E-state index in [1.807, 2.05) is 24.3 Å². The van der Waals surface area contributed by atoms with Crippen LogP contribution in [-0.4, -0.2) is 19.6 Å². The summed E-state index contributed by atoms with van der Waals surface area (Å²) < 4.78 is 10.1. The van der Waals surface area contributed by atoms with Gasteiger partial charge in [-0.15, -0.1) is 0 Å². The number of hydrogen-bond donors (Lipinski definition) is 1. The van der Waals surface area contributed by atoms with Crippen molar-refractivity contribution in [1.29, 1.82) is 0 Å². The van der Waals surface area contributed by atoms with Crippen LogP contribution in [0.5, 0.6) is 0 Å². The van der Waals surface area contributed by atoms with Crippen molar-refractivity contribution in [2.24, 2.45) is 0 Å². The maximum absolute atomic E-state index is 12.0. The highest BCUT2D eigenvalue weighted by Gasteiger charge is 2.12. The van der Waals surface area contributed by atoms with E-state index in [1.165, 1.54) is 12.1 Å². The van der Waals surface area contributed by atoms with Gasteiger partial charge in [0, 0.05) is 12.8 Å². The van der Waals surface area contributed by atoms with E-state index in [4.69, 9.17) is 20.8 Å². The second kappa shape index (κ2) is 6.41. The van der Waals surface area contributed by atoms with Crippen molar-refractivity contribution >= 4 is 23.2 Å². The number of para-hydroxylation sites is 1. The maximum atomic E-state index is 12.0. The third kappa shape index (κ3) is 3.59. The molecular weight excluding hydrogens is 266 g/mol. The molecule has 2 rings (SSSR count). The van der Waals surface area contributed by atoms with E-state index in [9.17, 15) is 4.79 Å². The second-order valence-electron chi connectivity index (χ2n) is 3.96. The Hall–Kier alpha value is -1.78. The molecule has 1 heterocycles. The van der Waals surface area contributed by atoms with E-state index in [2.05, 4.69) is 5.32 Å². The number of ether oxygens (including phenoxy) is 1. The van der Waals surface area contributed by atoms with E-state index in [0.29, 0.717) is 6.61 Å². The van der Waals surface area contributed by atoms with Crippen molar-refractivity contribution in [3.05, 3.63) is 52.9 Å². The first-order valence-electron chi connectivity index (χ1n) is 5.84. The summed E-state index contributed by atoms with van der Waals surface area (Å²) >= 11 is 5.64. The lowest BCUT2D eigenvalue weighted by molar-refractivity contribution is 0.0996. The molecule has 4 nitrogen and oxygen atoms in total. The molecule has 0 unspecified atom stereocenters. The third-order valence-corrected chi connectivity index (χ3v) is 2.84. The number of benzene rings is 1. The number of methoxy groups -OCH3 is 1. The number of carbonyl (C=O) groups excluding carboxylic acids is 1. The molecule has 0 aliphatic heterocycles. The number of carbonyl (C=O) groups is 1. The van der Waals surface area contributed by atoms with Crippen LogP contribution in [0.2, 0.25) is 5.22 Å². The van der Waals surface area contributed by atoms with Crippen molar-refractivity contribution < 1.29 is 13.9 Å². The van der Waals surface area contributed by atoms with Crippen LogP contribution in [0.3, 0.4) is 0 Å². The van der Waals surface area contributed by atoms with Crippen molar-refractivity contribution in [2.75, 3.05) is 19.0 Å². The average Bonchev–Trinajstić information content (AvgIpc) is 2.84. The third-order valence-electron chi connectivity index (χ3n) is 2.64. The smallest absolute Gasteiger partial charge is 0.291 e. The first-order valence-corrected chi connectivity index (χ1v) is 6.22. The number of anilines is 1. The first-order chi connectivity index (χ1) is 9.20. The molecule has 0 atom stereocenters. The molecule has 100 valence electrons. The zero-order chi connectivity index (χ0) is 13.7. The van der Waals surface area contributed by atoms with Crippen LogP contribution in [0.1, 0.15) is 16.1 Å². The van der Waals surface area contributed by atoms with Crippen molar-refractivity contribution in [3.63, 3.8) is 0 Å². The second-order valence-corrected chi connectivity index (χ2v) is 4.33. The number of hydrogen-bond acceptors (Lipinski definition) is 3. The van der Waals surface area contributed by atoms with Gasteiger partial charge in [0.2, 0.25) is 0 Å². The molecule has 0 radical (unpaired) electrons. The van der Waals surface area contributed by atoms with Gasteiger partial charge in [0.1, 0.15) is 0 Å². The molecule has 0 aliphatic carbocycles. The summed E-state index contributed by atoms with van der Waals surface area (Å²) in [6.07, 6.45) is 0.728. The van der Waals surface area contributed by atoms with Crippen LogP contribution in [0.25, 0.3) is 0 Å². The van der Waals surface area contributed by atoms with E-state index in [0.717, 1.165) is 17.7 Å². The standard InChI is InChI=1S/C14H14ClNO3/c1-18-9-8-10-4-2-3-5-11(10)16-14(17)12-6-7-13(15)19-12/h2-7H,8-9H2,1H3,(H,16,17). The van der Waals surface area contributed by atoms with Gasteiger partial charge in [0.05, 0.1) is 6.61 Å². The summed E-state index contributed by atoms with van der Waals surface area (Å²) in [7, 11) is 1.64. The summed E-state index contributed by atoms with van der Waals surface area (Å²) in [5.41, 5.74) is 1.76. The molecule has 1 amide bonds. The molecule has 0 aliphatic rings. The first kappa shape index (κ1) is 13.6. The molecule has 0 bridgehead atoms. The van der Waals surface area contributed by atoms with Gasteiger partial charge in [0.25, 0.3) is 5.91 Å². The fourth-order valence-electron chi connectivity index (χ4n) is 1.69. The summed E-state index contributed by atoms with van der Waals surface area (Å²) in [6, 6.07) is 10.6. The molecule has 0 saturated carbocycles. The molecule has 19 heavy (non-hydrogen) atoms. The Morgan fingerprint density at radius 1 is 1.32 bits per heavy atom. The predicted molar refractivity (Wildman–Crippen MR) is 73.7 cm³/mol. The van der Waals surface area contributed by atoms with E-state index < -0.39 is 0 Å². The molecule has 2 aromatic rings. The highest BCUT2D eigenvalue weighted by atomic mass is 35.5. The number of amides is 1. The Morgan fingerprint density at radius 3 is 2.79 bits per heavy atom. The molecule has 1 N–H and O–H groups in total. The number of rotatable bonds is 5. The minimum absolute atomic E-state index is 0.187. The highest BCUT2D eigenvalue weighted by Crippen LogP contribution is 2.19. The average molecular weight is 280 g/mol. The largest absolute Gasteiger partial charge is 0.440 e. The van der Waals surface area contributed by atoms with Crippen molar-refractivity contribution in [1.82, 2.24) is 0 Å². The van der Waals surface area contributed by atoms with Gasteiger partial charge in [-0.1, -0.05) is 18.2 Å². The maximum Gasteiger partial charge on any atom is 0.291 e. The van der Waals surface area contributed by atoms with Crippen LogP contribution in [-0.2, 0) is 11.2 Å². The lowest BCUT2D eigenvalue weighted by Crippen LogP contribution is -2.13. The van der Waals surface area contributed by atoms with Crippen LogP contribution < -0.4 is 5.32 Å². The molecule has 1 aromatic carbocycles. The monoisotopic (exact) mass is 279 g/mol. The molecule has 0 spiro atoms. The highest BCUT2D eigenvalue weighted by molar-refractivity contribution is 6.29. The Balaban J connectivity index is 2.12. The SMILES string of the molecule is COCCc1ccccc1NC(=O)c1ccc(Cl)o1. The Labute approximate surface area is 116 Å². The van der Waals surface area contributed by atoms with Gasteiger partial charge in [-0.25, -0.2) is 0 Å². The van der Waals surface area contributed by atoms with E-state index >= 15 is 0 Å². The number of halogens is 1. The quantitative estimate of drug-likeness (QED) is 0.913. The molecule has 5 heteroatoms. The molecule has 1 aromatic heterocycles. The summed E-state index contributed by atoms with van der Waals surface area (Å²) in [4.78, 5) is 12.0. The zero-order valence-corrected chi connectivity index (χ0v) is 11.2. The van der Waals surface area contributed by atoms with Gasteiger partial charge in [-0.2, -0.15) is 0 Å². The van der Waals surface area contributed by atoms with Gasteiger partial charge in [0.15, 0.2) is 11.0 Å². The van der Waals surface area contributed by atoms with Crippen LogP contribution in [0.4, 0.5) is 5.69 Å². The number of furan rings is 1. The van der Waals surface area contributed by atoms with Gasteiger partial charge in [-0.3, -0.25) is 4.79 Å². The topological polar surface area (TPSA) is 51.5 Å². The minimum Gasteiger partial charge on any atom is -0.440 e. The van der Waals surface area contributed by atoms with Crippen LogP contribution in [0.15, 0.2) is 40.8 Å². The minimum atomic E-state index is -0.322. The summed E-state index contributed by atoms with van der Waals surface area (Å²) in [5, 5.41) is 2.99. The fourth-order valence-corrected chi connectivity index (χ4v) is 1.84. The predicted octanol–water partition coefficient (Wildman–Crippen LogP) is 3.37. The van der Waals surface area contributed by atoms with Gasteiger partial charge >= 0.3 is 0 Å². The fraction of sp³-hybridized carbons (Fsp3) is 0.214. The summed E-state index contributed by atoms with van der Waals surface area (Å²) in [6.45, 7) is 0.597. The van der Waals surface area contributed by atoms with Crippen LogP contribution in [0, 0.1) is 0 Å². The summed E-state index contributed by atoms with van der Waals surface area (Å²) in [5.74, 6) is -0.136. The molecule has 0 saturated heterocycles. The Bertz CT molecular complexity index is 565. The zero-order valence-electron chi connectivity index (χ0n) is 10.5. The van der Waals surface area contributed by atoms with Crippen molar-refractivity contribution in [2.45, 2.75) is 6.42 Å². The normalized spacial score (nSPS) is 10.4. The lowest BCUT2D eigenvalue weighted by Gasteiger charge is -2.09. The van der Waals surface area contributed by atoms with Crippen molar-refractivity contribution in [3.8, 4) is 0 Å². The van der Waals surface area contributed by atoms with E-state index in [1.54, 1.807) is 7.11 Å². The van der Waals surface area contributed by atoms with Gasteiger partial charge < -0.3 is 14.5 Å². The molecular formula is C14H14ClNO3. The van der Waals surface area contributed by atoms with Gasteiger partial charge in [-0.05, 0) is 41.8 Å². The Morgan fingerprint density at radius 2 is 2.11 bits per heavy atom. The molecule has 0 fully saturated rings. The van der Waals surface area contributed by atoms with E-state index in [-0.39, 0.29) is 16.9 Å². The van der Waals surface area contributed by atoms with Crippen LogP contribution >= 0.6 is 11.6 Å². The lowest BCUT2D eigenvalue weighted by atomic mass is 10.1.